The summed E-state index contributed by atoms with van der Waals surface area (Å²) in [4.78, 5) is 34.3. The number of amides is 2. The summed E-state index contributed by atoms with van der Waals surface area (Å²) in [6, 6.07) is -1.57. The topological polar surface area (TPSA) is 95.9 Å². The fourth-order valence-corrected chi connectivity index (χ4v) is 1.07. The number of rotatable bonds is 6. The van der Waals surface area contributed by atoms with E-state index in [1.165, 1.54) is 7.05 Å². The van der Waals surface area contributed by atoms with E-state index in [1.54, 1.807) is 13.8 Å². The van der Waals surface area contributed by atoms with E-state index in [9.17, 15) is 14.4 Å². The van der Waals surface area contributed by atoms with E-state index in [0.717, 1.165) is 4.90 Å². The Balaban J connectivity index is 4.21. The predicted octanol–water partition coefficient (Wildman–Crippen LogP) is 0.0541. The maximum absolute atomic E-state index is 11.5. The normalized spacial score (nSPS) is 11.5. The molecule has 7 heteroatoms. The Morgan fingerprint density at radius 2 is 1.94 bits per heavy atom. The summed E-state index contributed by atoms with van der Waals surface area (Å²) < 4.78 is 4.66. The number of carbonyl (C=O) groups excluding carboxylic acids is 2. The Labute approximate surface area is 99.7 Å². The van der Waals surface area contributed by atoms with E-state index in [2.05, 4.69) is 10.1 Å². The summed E-state index contributed by atoms with van der Waals surface area (Å²) in [6.07, 6.45) is 0.272. The zero-order chi connectivity index (χ0) is 13.4. The minimum absolute atomic E-state index is 0.213. The summed E-state index contributed by atoms with van der Waals surface area (Å²) in [7, 11) is 1.39. The fourth-order valence-electron chi connectivity index (χ4n) is 1.07. The van der Waals surface area contributed by atoms with Crippen molar-refractivity contribution in [2.24, 2.45) is 0 Å². The molecule has 2 N–H and O–H groups in total. The van der Waals surface area contributed by atoms with Crippen LogP contribution in [0.1, 0.15) is 20.3 Å². The Kier molecular flexibility index (Phi) is 6.69. The molecule has 0 saturated heterocycles. The van der Waals surface area contributed by atoms with Crippen molar-refractivity contribution in [2.45, 2.75) is 26.3 Å². The molecule has 7 nitrogen and oxygen atoms in total. The van der Waals surface area contributed by atoms with Crippen LogP contribution < -0.4 is 5.32 Å². The summed E-state index contributed by atoms with van der Waals surface area (Å²) >= 11 is 0. The monoisotopic (exact) mass is 246 g/mol. The molecule has 98 valence electrons. The lowest BCUT2D eigenvalue weighted by Gasteiger charge is -2.19. The van der Waals surface area contributed by atoms with Crippen LogP contribution in [-0.4, -0.2) is 54.2 Å². The molecule has 1 unspecified atom stereocenters. The number of nitrogens with one attached hydrogen (secondary N) is 1. The molecule has 0 aliphatic carbocycles. The number of carboxylic acid groups (broad SMARTS) is 1. The van der Waals surface area contributed by atoms with Gasteiger partial charge in [-0.05, 0) is 13.3 Å². The minimum Gasteiger partial charge on any atom is -0.480 e. The second-order valence-corrected chi connectivity index (χ2v) is 3.41. The Morgan fingerprint density at radius 1 is 1.35 bits per heavy atom. The molecular formula is C10H18N2O5. The first kappa shape index (κ1) is 15.2. The minimum atomic E-state index is -1.11. The number of hydrogen-bond acceptors (Lipinski definition) is 4. The van der Waals surface area contributed by atoms with Crippen molar-refractivity contribution >= 4 is 18.0 Å². The molecule has 0 aromatic carbocycles. The second kappa shape index (κ2) is 7.48. The Bertz CT molecular complexity index is 292. The molecular weight excluding hydrogens is 228 g/mol. The van der Waals surface area contributed by atoms with Crippen molar-refractivity contribution in [3.8, 4) is 0 Å². The Morgan fingerprint density at radius 3 is 2.35 bits per heavy atom. The van der Waals surface area contributed by atoms with E-state index in [1.807, 2.05) is 0 Å². The smallest absolute Gasteiger partial charge is 0.326 e. The third-order valence-corrected chi connectivity index (χ3v) is 2.02. The second-order valence-electron chi connectivity index (χ2n) is 3.41. The molecule has 17 heavy (non-hydrogen) atoms. The zero-order valence-electron chi connectivity index (χ0n) is 10.2. The number of esters is 1. The number of carboxylic acids is 1. The molecule has 2 amide bonds. The van der Waals surface area contributed by atoms with Crippen LogP contribution in [0.25, 0.3) is 0 Å². The average Bonchev–Trinajstić information content (AvgIpc) is 2.25. The number of aliphatic carboxylic acids is 1. The van der Waals surface area contributed by atoms with Crippen molar-refractivity contribution in [2.75, 3.05) is 20.2 Å². The molecule has 0 aliphatic heterocycles. The summed E-state index contributed by atoms with van der Waals surface area (Å²) in [6.45, 7) is 3.33. The number of carbonyl (C=O) groups is 3. The number of hydrogen-bond donors (Lipinski definition) is 2. The van der Waals surface area contributed by atoms with Gasteiger partial charge < -0.3 is 20.1 Å². The SMILES string of the molecule is CCOC(=O)CN(C)C(=O)NC(CC)C(=O)O. The van der Waals surface area contributed by atoms with Gasteiger partial charge in [-0.25, -0.2) is 9.59 Å². The van der Waals surface area contributed by atoms with Gasteiger partial charge in [-0.3, -0.25) is 4.79 Å². The van der Waals surface area contributed by atoms with Crippen molar-refractivity contribution in [3.05, 3.63) is 0 Å². The molecule has 1 atom stereocenters. The summed E-state index contributed by atoms with van der Waals surface area (Å²) in [5, 5.41) is 11.0. The third kappa shape index (κ3) is 5.74. The average molecular weight is 246 g/mol. The third-order valence-electron chi connectivity index (χ3n) is 2.02. The van der Waals surface area contributed by atoms with Crippen LogP contribution in [0.3, 0.4) is 0 Å². The maximum atomic E-state index is 11.5. The molecule has 0 heterocycles. The molecule has 0 spiro atoms. The van der Waals surface area contributed by atoms with E-state index in [4.69, 9.17) is 5.11 Å². The summed E-state index contributed by atoms with van der Waals surface area (Å²) in [5.41, 5.74) is 0. The number of nitrogens with zero attached hydrogens (tertiary/aromatic N) is 1. The van der Waals surface area contributed by atoms with Crippen molar-refractivity contribution in [1.82, 2.24) is 10.2 Å². The molecule has 0 aromatic rings. The molecule has 0 saturated carbocycles. The maximum Gasteiger partial charge on any atom is 0.326 e. The molecule has 0 fully saturated rings. The lowest BCUT2D eigenvalue weighted by molar-refractivity contribution is -0.143. The van der Waals surface area contributed by atoms with Gasteiger partial charge in [0, 0.05) is 7.05 Å². The largest absolute Gasteiger partial charge is 0.480 e. The first-order valence-electron chi connectivity index (χ1n) is 5.32. The quantitative estimate of drug-likeness (QED) is 0.646. The lowest BCUT2D eigenvalue weighted by Crippen LogP contribution is -2.47. The van der Waals surface area contributed by atoms with Gasteiger partial charge in [0.25, 0.3) is 0 Å². The van der Waals surface area contributed by atoms with E-state index >= 15 is 0 Å². The predicted molar refractivity (Wildman–Crippen MR) is 59.5 cm³/mol. The van der Waals surface area contributed by atoms with Crippen LogP contribution in [0.5, 0.6) is 0 Å². The van der Waals surface area contributed by atoms with Crippen LogP contribution in [0.15, 0.2) is 0 Å². The zero-order valence-corrected chi connectivity index (χ0v) is 10.2. The highest BCUT2D eigenvalue weighted by Gasteiger charge is 2.20. The van der Waals surface area contributed by atoms with Gasteiger partial charge in [-0.1, -0.05) is 6.92 Å². The van der Waals surface area contributed by atoms with Crippen LogP contribution in [-0.2, 0) is 14.3 Å². The standard InChI is InChI=1S/C10H18N2O5/c1-4-7(9(14)15)11-10(16)12(3)6-8(13)17-5-2/h7H,4-6H2,1-3H3,(H,11,16)(H,14,15). The number of urea groups is 1. The number of likely N-dealkylation sites (N-methyl/N-ethyl adjacent to an activating group) is 1. The number of ether oxygens (including phenoxy) is 1. The first-order valence-corrected chi connectivity index (χ1v) is 5.32. The van der Waals surface area contributed by atoms with Gasteiger partial charge in [-0.15, -0.1) is 0 Å². The van der Waals surface area contributed by atoms with Gasteiger partial charge >= 0.3 is 18.0 Å². The fraction of sp³-hybridized carbons (Fsp3) is 0.700. The Hall–Kier alpha value is -1.79. The van der Waals surface area contributed by atoms with Crippen molar-refractivity contribution in [3.63, 3.8) is 0 Å². The van der Waals surface area contributed by atoms with Gasteiger partial charge in [0.15, 0.2) is 0 Å². The van der Waals surface area contributed by atoms with E-state index in [-0.39, 0.29) is 19.6 Å². The molecule has 0 aromatic heterocycles. The van der Waals surface area contributed by atoms with Gasteiger partial charge in [0.1, 0.15) is 12.6 Å². The van der Waals surface area contributed by atoms with Gasteiger partial charge in [0.2, 0.25) is 0 Å². The highest BCUT2D eigenvalue weighted by Crippen LogP contribution is 1.94. The summed E-state index contributed by atoms with van der Waals surface area (Å²) in [5.74, 6) is -1.64. The van der Waals surface area contributed by atoms with Crippen molar-refractivity contribution in [1.29, 1.82) is 0 Å². The van der Waals surface area contributed by atoms with Crippen LogP contribution in [0.2, 0.25) is 0 Å². The molecule has 0 rings (SSSR count). The molecule has 0 radical (unpaired) electrons. The first-order chi connectivity index (χ1) is 7.92. The van der Waals surface area contributed by atoms with Gasteiger partial charge in [-0.2, -0.15) is 0 Å². The van der Waals surface area contributed by atoms with Crippen LogP contribution >= 0.6 is 0 Å². The highest BCUT2D eigenvalue weighted by atomic mass is 16.5. The lowest BCUT2D eigenvalue weighted by atomic mass is 10.2. The highest BCUT2D eigenvalue weighted by molar-refractivity contribution is 5.84. The van der Waals surface area contributed by atoms with Crippen molar-refractivity contribution < 1.29 is 24.2 Å². The van der Waals surface area contributed by atoms with Gasteiger partial charge in [0.05, 0.1) is 6.61 Å². The van der Waals surface area contributed by atoms with E-state index in [0.29, 0.717) is 0 Å². The van der Waals surface area contributed by atoms with E-state index < -0.39 is 24.0 Å². The van der Waals surface area contributed by atoms with Crippen LogP contribution in [0.4, 0.5) is 4.79 Å². The molecule has 0 bridgehead atoms. The molecule has 0 aliphatic rings. The van der Waals surface area contributed by atoms with Crippen LogP contribution in [0, 0.1) is 0 Å².